The maximum atomic E-state index is 12.7. The Hall–Kier alpha value is -1.26. The number of amides is 2. The van der Waals surface area contributed by atoms with E-state index in [1.807, 2.05) is 0 Å². The molecule has 3 rings (SSSR count). The van der Waals surface area contributed by atoms with Crippen molar-refractivity contribution < 1.29 is 9.59 Å². The molecule has 2 aliphatic rings. The molecule has 4 nitrogen and oxygen atoms in total. The summed E-state index contributed by atoms with van der Waals surface area (Å²) in [5.74, 6) is -0.442. The lowest BCUT2D eigenvalue weighted by molar-refractivity contribution is -0.134. The fraction of sp³-hybridized carbons (Fsp3) is 0.556. The minimum atomic E-state index is -0.946. The molecule has 0 aliphatic heterocycles. The Balaban J connectivity index is 1.65. The summed E-state index contributed by atoms with van der Waals surface area (Å²) < 4.78 is 0. The predicted octanol–water partition coefficient (Wildman–Crippen LogP) is 4.55. The first-order chi connectivity index (χ1) is 11.5. The van der Waals surface area contributed by atoms with E-state index < -0.39 is 5.41 Å². The highest BCUT2D eigenvalue weighted by molar-refractivity contribution is 6.36. The van der Waals surface area contributed by atoms with Gasteiger partial charge in [0.2, 0.25) is 11.8 Å². The maximum Gasteiger partial charge on any atom is 0.240 e. The Kier molecular flexibility index (Phi) is 5.36. The lowest BCUT2D eigenvalue weighted by Gasteiger charge is -2.21. The molecule has 0 bridgehead atoms. The van der Waals surface area contributed by atoms with Crippen LogP contribution in [0.3, 0.4) is 0 Å². The summed E-state index contributed by atoms with van der Waals surface area (Å²) in [5, 5.41) is 6.76. The Bertz CT molecular complexity index is 636. The van der Waals surface area contributed by atoms with Gasteiger partial charge in [-0.1, -0.05) is 48.9 Å². The van der Waals surface area contributed by atoms with Gasteiger partial charge < -0.3 is 10.6 Å². The molecule has 2 aliphatic carbocycles. The van der Waals surface area contributed by atoms with Crippen LogP contribution in [-0.4, -0.2) is 17.9 Å². The molecule has 6 heteroatoms. The van der Waals surface area contributed by atoms with Crippen molar-refractivity contribution in [2.24, 2.45) is 5.41 Å². The van der Waals surface area contributed by atoms with Crippen LogP contribution >= 0.6 is 23.2 Å². The molecular weight excluding hydrogens is 347 g/mol. The second-order valence-corrected chi connectivity index (χ2v) is 7.67. The molecule has 0 heterocycles. The number of carbonyl (C=O) groups excluding carboxylic acids is 2. The second kappa shape index (κ2) is 7.32. The minimum absolute atomic E-state index is 0.148. The molecule has 2 fully saturated rings. The van der Waals surface area contributed by atoms with Gasteiger partial charge in [-0.05, 0) is 43.9 Å². The molecule has 0 radical (unpaired) electrons. The number of halogens is 2. The van der Waals surface area contributed by atoms with Crippen molar-refractivity contribution in [1.29, 1.82) is 0 Å². The van der Waals surface area contributed by atoms with Crippen molar-refractivity contribution in [3.05, 3.63) is 28.2 Å². The fourth-order valence-electron chi connectivity index (χ4n) is 3.26. The van der Waals surface area contributed by atoms with E-state index in [4.69, 9.17) is 23.2 Å². The Morgan fingerprint density at radius 1 is 1.00 bits per heavy atom. The molecule has 1 aromatic rings. The van der Waals surface area contributed by atoms with Gasteiger partial charge in [-0.3, -0.25) is 9.59 Å². The number of hydrogen-bond acceptors (Lipinski definition) is 2. The summed E-state index contributed by atoms with van der Waals surface area (Å²) >= 11 is 12.0. The van der Waals surface area contributed by atoms with E-state index in [2.05, 4.69) is 10.6 Å². The molecular formula is C18H22Cl2N2O2. The summed E-state index contributed by atoms with van der Waals surface area (Å²) in [7, 11) is 0. The zero-order chi connectivity index (χ0) is 17.2. The summed E-state index contributed by atoms with van der Waals surface area (Å²) in [6.45, 7) is 0. The van der Waals surface area contributed by atoms with Crippen LogP contribution in [0.15, 0.2) is 18.2 Å². The average Bonchev–Trinajstić information content (AvgIpc) is 3.36. The number of anilines is 1. The third kappa shape index (κ3) is 3.86. The summed E-state index contributed by atoms with van der Waals surface area (Å²) in [6, 6.07) is 5.08. The van der Waals surface area contributed by atoms with Gasteiger partial charge in [0.05, 0.1) is 10.7 Å². The zero-order valence-electron chi connectivity index (χ0n) is 13.5. The molecule has 2 saturated carbocycles. The third-order valence-electron chi connectivity index (χ3n) is 4.99. The highest BCUT2D eigenvalue weighted by Gasteiger charge is 2.56. The van der Waals surface area contributed by atoms with Gasteiger partial charge in [0.15, 0.2) is 0 Å². The first kappa shape index (κ1) is 17.6. The van der Waals surface area contributed by atoms with Gasteiger partial charge in [0.1, 0.15) is 5.41 Å². The third-order valence-corrected chi connectivity index (χ3v) is 5.55. The van der Waals surface area contributed by atoms with Gasteiger partial charge in [-0.25, -0.2) is 0 Å². The quantitative estimate of drug-likeness (QED) is 0.604. The van der Waals surface area contributed by atoms with E-state index in [9.17, 15) is 9.59 Å². The van der Waals surface area contributed by atoms with Crippen LogP contribution in [0, 0.1) is 5.41 Å². The average molecular weight is 369 g/mol. The van der Waals surface area contributed by atoms with Crippen LogP contribution in [0.1, 0.15) is 51.4 Å². The lowest BCUT2D eigenvalue weighted by Crippen LogP contribution is -2.44. The monoisotopic (exact) mass is 368 g/mol. The molecule has 24 heavy (non-hydrogen) atoms. The van der Waals surface area contributed by atoms with E-state index in [1.54, 1.807) is 18.2 Å². The van der Waals surface area contributed by atoms with E-state index in [0.717, 1.165) is 25.7 Å². The molecule has 0 spiro atoms. The molecule has 2 N–H and O–H groups in total. The molecule has 130 valence electrons. The van der Waals surface area contributed by atoms with Crippen LogP contribution in [0.2, 0.25) is 10.0 Å². The van der Waals surface area contributed by atoms with Gasteiger partial charge in [-0.15, -0.1) is 0 Å². The van der Waals surface area contributed by atoms with E-state index >= 15 is 0 Å². The Morgan fingerprint density at radius 2 is 1.67 bits per heavy atom. The topological polar surface area (TPSA) is 58.2 Å². The molecule has 2 amide bonds. The van der Waals surface area contributed by atoms with E-state index in [1.165, 1.54) is 12.8 Å². The van der Waals surface area contributed by atoms with Crippen LogP contribution in [-0.2, 0) is 9.59 Å². The highest BCUT2D eigenvalue weighted by atomic mass is 35.5. The molecule has 1 aromatic carbocycles. The van der Waals surface area contributed by atoms with Crippen molar-refractivity contribution >= 4 is 40.7 Å². The standard InChI is InChI=1S/C18H22Cl2N2O2/c19-12-7-8-14(20)15(11-12)22-17(24)18(9-10-18)16(23)21-13-5-3-1-2-4-6-13/h7-8,11,13H,1-6,9-10H2,(H,21,23)(H,22,24). The maximum absolute atomic E-state index is 12.7. The molecule has 0 aromatic heterocycles. The number of hydrogen-bond donors (Lipinski definition) is 2. The molecule has 0 saturated heterocycles. The van der Waals surface area contributed by atoms with Crippen molar-refractivity contribution in [2.75, 3.05) is 5.32 Å². The van der Waals surface area contributed by atoms with E-state index in [0.29, 0.717) is 28.6 Å². The minimum Gasteiger partial charge on any atom is -0.352 e. The van der Waals surface area contributed by atoms with Crippen molar-refractivity contribution in [1.82, 2.24) is 5.32 Å². The van der Waals surface area contributed by atoms with Crippen LogP contribution < -0.4 is 10.6 Å². The number of nitrogens with one attached hydrogen (secondary N) is 2. The lowest BCUT2D eigenvalue weighted by atomic mass is 10.0. The summed E-state index contributed by atoms with van der Waals surface area (Å²) in [4.78, 5) is 25.3. The van der Waals surface area contributed by atoms with Gasteiger partial charge >= 0.3 is 0 Å². The van der Waals surface area contributed by atoms with Crippen LogP contribution in [0.25, 0.3) is 0 Å². The fourth-order valence-corrected chi connectivity index (χ4v) is 3.60. The van der Waals surface area contributed by atoms with Gasteiger partial charge in [-0.2, -0.15) is 0 Å². The zero-order valence-corrected chi connectivity index (χ0v) is 15.1. The Labute approximate surface area is 152 Å². The van der Waals surface area contributed by atoms with Crippen molar-refractivity contribution in [2.45, 2.75) is 57.4 Å². The number of rotatable bonds is 4. The number of benzene rings is 1. The van der Waals surface area contributed by atoms with Crippen LogP contribution in [0.5, 0.6) is 0 Å². The number of carbonyl (C=O) groups is 2. The van der Waals surface area contributed by atoms with Gasteiger partial charge in [0.25, 0.3) is 0 Å². The summed E-state index contributed by atoms with van der Waals surface area (Å²) in [5.41, 5.74) is -0.500. The SMILES string of the molecule is O=C(Nc1cc(Cl)ccc1Cl)C1(C(=O)NC2CCCCCC2)CC1. The van der Waals surface area contributed by atoms with Crippen molar-refractivity contribution in [3.63, 3.8) is 0 Å². The largest absolute Gasteiger partial charge is 0.352 e. The summed E-state index contributed by atoms with van der Waals surface area (Å²) in [6.07, 6.45) is 7.90. The molecule has 0 unspecified atom stereocenters. The van der Waals surface area contributed by atoms with Crippen molar-refractivity contribution in [3.8, 4) is 0 Å². The van der Waals surface area contributed by atoms with Gasteiger partial charge in [0, 0.05) is 11.1 Å². The smallest absolute Gasteiger partial charge is 0.240 e. The van der Waals surface area contributed by atoms with E-state index in [-0.39, 0.29) is 17.9 Å². The first-order valence-corrected chi connectivity index (χ1v) is 9.34. The Morgan fingerprint density at radius 3 is 2.29 bits per heavy atom. The predicted molar refractivity (Wildman–Crippen MR) is 96.4 cm³/mol. The normalized spacial score (nSPS) is 20.1. The second-order valence-electron chi connectivity index (χ2n) is 6.82. The molecule has 0 atom stereocenters. The van der Waals surface area contributed by atoms with Crippen LogP contribution in [0.4, 0.5) is 5.69 Å². The first-order valence-electron chi connectivity index (χ1n) is 8.59. The highest BCUT2D eigenvalue weighted by Crippen LogP contribution is 2.47.